The summed E-state index contributed by atoms with van der Waals surface area (Å²) in [5.74, 6) is 0. The molecule has 0 saturated carbocycles. The molecule has 0 heterocycles. The zero-order valence-corrected chi connectivity index (χ0v) is 12.6. The third-order valence-corrected chi connectivity index (χ3v) is 2.22. The van der Waals surface area contributed by atoms with Gasteiger partial charge in [-0.3, -0.25) is 0 Å². The number of amides is 1. The number of nitrogens with zero attached hydrogens (tertiary/aromatic N) is 1. The van der Waals surface area contributed by atoms with E-state index in [2.05, 4.69) is 12.2 Å². The maximum absolute atomic E-state index is 11.7. The van der Waals surface area contributed by atoms with Crippen LogP contribution in [0, 0.1) is 0 Å². The molecule has 5 heteroatoms. The van der Waals surface area contributed by atoms with E-state index in [4.69, 9.17) is 9.47 Å². The van der Waals surface area contributed by atoms with E-state index >= 15 is 0 Å². The first-order chi connectivity index (χ1) is 8.26. The molecule has 0 spiro atoms. The highest BCUT2D eigenvalue weighted by Crippen LogP contribution is 2.08. The van der Waals surface area contributed by atoms with E-state index in [1.807, 2.05) is 27.7 Å². The minimum absolute atomic E-state index is 0.289. The predicted molar refractivity (Wildman–Crippen MR) is 72.8 cm³/mol. The number of hydrogen-bond acceptors (Lipinski definition) is 4. The van der Waals surface area contributed by atoms with Crippen molar-refractivity contribution < 1.29 is 14.3 Å². The highest BCUT2D eigenvalue weighted by atomic mass is 16.6. The number of carbonyl (C=O) groups excluding carboxylic acids is 1. The van der Waals surface area contributed by atoms with E-state index in [9.17, 15) is 4.79 Å². The van der Waals surface area contributed by atoms with E-state index < -0.39 is 5.60 Å². The Hall–Kier alpha value is -0.810. The fourth-order valence-corrected chi connectivity index (χ4v) is 1.26. The van der Waals surface area contributed by atoms with Gasteiger partial charge in [-0.2, -0.15) is 0 Å². The molecule has 1 unspecified atom stereocenters. The van der Waals surface area contributed by atoms with Crippen molar-refractivity contribution in [3.05, 3.63) is 0 Å². The molecule has 0 saturated heterocycles. The van der Waals surface area contributed by atoms with Gasteiger partial charge in [-0.25, -0.2) is 4.79 Å². The smallest absolute Gasteiger partial charge is 0.410 e. The van der Waals surface area contributed by atoms with Crippen LogP contribution in [-0.2, 0) is 9.47 Å². The van der Waals surface area contributed by atoms with E-state index in [1.165, 1.54) is 0 Å². The zero-order valence-electron chi connectivity index (χ0n) is 12.6. The molecule has 0 aliphatic heterocycles. The molecule has 0 aromatic carbocycles. The number of rotatable bonds is 7. The molecule has 0 bridgehead atoms. The summed E-state index contributed by atoms with van der Waals surface area (Å²) in [7, 11) is 1.74. The average Bonchev–Trinajstić information content (AvgIpc) is 2.23. The molecule has 0 fully saturated rings. The van der Waals surface area contributed by atoms with Crippen molar-refractivity contribution in [1.29, 1.82) is 0 Å². The molecule has 1 N–H and O–H groups in total. The Bertz CT molecular complexity index is 239. The summed E-state index contributed by atoms with van der Waals surface area (Å²) in [6.45, 7) is 12.4. The van der Waals surface area contributed by atoms with Crippen LogP contribution in [0.3, 0.4) is 0 Å². The first kappa shape index (κ1) is 17.2. The molecule has 0 radical (unpaired) electrons. The maximum Gasteiger partial charge on any atom is 0.410 e. The van der Waals surface area contributed by atoms with E-state index in [1.54, 1.807) is 11.9 Å². The van der Waals surface area contributed by atoms with Crippen molar-refractivity contribution in [1.82, 2.24) is 10.2 Å². The third kappa shape index (κ3) is 9.24. The molecule has 0 aliphatic rings. The lowest BCUT2D eigenvalue weighted by Crippen LogP contribution is -2.40. The topological polar surface area (TPSA) is 50.8 Å². The van der Waals surface area contributed by atoms with Crippen LogP contribution in [0.15, 0.2) is 0 Å². The quantitative estimate of drug-likeness (QED) is 0.759. The summed E-state index contributed by atoms with van der Waals surface area (Å²) in [4.78, 5) is 13.2. The molecule has 0 rings (SSSR count). The normalized spacial score (nSPS) is 13.2. The summed E-state index contributed by atoms with van der Waals surface area (Å²) < 4.78 is 10.6. The van der Waals surface area contributed by atoms with Gasteiger partial charge >= 0.3 is 6.09 Å². The van der Waals surface area contributed by atoms with Crippen LogP contribution in [-0.4, -0.2) is 56.0 Å². The Labute approximate surface area is 111 Å². The van der Waals surface area contributed by atoms with Crippen LogP contribution >= 0.6 is 0 Å². The van der Waals surface area contributed by atoms with Crippen LogP contribution in [0.4, 0.5) is 4.79 Å². The van der Waals surface area contributed by atoms with Gasteiger partial charge in [-0.05, 0) is 34.6 Å². The van der Waals surface area contributed by atoms with E-state index in [0.717, 1.165) is 13.2 Å². The van der Waals surface area contributed by atoms with Gasteiger partial charge in [0.25, 0.3) is 0 Å². The van der Waals surface area contributed by atoms with Gasteiger partial charge in [0.1, 0.15) is 5.60 Å². The average molecular weight is 260 g/mol. The Morgan fingerprint density at radius 2 is 2.00 bits per heavy atom. The highest BCUT2D eigenvalue weighted by Gasteiger charge is 2.19. The molecule has 0 aliphatic carbocycles. The van der Waals surface area contributed by atoms with Crippen LogP contribution < -0.4 is 5.32 Å². The SMILES string of the molecule is CCOCC(C)NCCN(C)C(=O)OC(C)(C)C. The van der Waals surface area contributed by atoms with Crippen molar-refractivity contribution in [2.24, 2.45) is 0 Å². The molecule has 1 atom stereocenters. The second-order valence-corrected chi connectivity index (χ2v) is 5.42. The Kier molecular flexibility index (Phi) is 7.95. The fourth-order valence-electron chi connectivity index (χ4n) is 1.26. The largest absolute Gasteiger partial charge is 0.444 e. The third-order valence-electron chi connectivity index (χ3n) is 2.22. The fraction of sp³-hybridized carbons (Fsp3) is 0.923. The molecule has 0 aromatic rings. The minimum Gasteiger partial charge on any atom is -0.444 e. The van der Waals surface area contributed by atoms with Crippen molar-refractivity contribution in [3.8, 4) is 0 Å². The second-order valence-electron chi connectivity index (χ2n) is 5.42. The van der Waals surface area contributed by atoms with Gasteiger partial charge in [0, 0.05) is 32.8 Å². The summed E-state index contributed by atoms with van der Waals surface area (Å²) >= 11 is 0. The summed E-state index contributed by atoms with van der Waals surface area (Å²) in [5.41, 5.74) is -0.443. The van der Waals surface area contributed by atoms with Crippen molar-refractivity contribution in [3.63, 3.8) is 0 Å². The monoisotopic (exact) mass is 260 g/mol. The first-order valence-corrected chi connectivity index (χ1v) is 6.51. The first-order valence-electron chi connectivity index (χ1n) is 6.51. The summed E-state index contributed by atoms with van der Waals surface area (Å²) in [6.07, 6.45) is -0.290. The van der Waals surface area contributed by atoms with E-state index in [-0.39, 0.29) is 12.1 Å². The van der Waals surface area contributed by atoms with Crippen LogP contribution in [0.5, 0.6) is 0 Å². The lowest BCUT2D eigenvalue weighted by Gasteiger charge is -2.25. The number of nitrogens with one attached hydrogen (secondary N) is 1. The van der Waals surface area contributed by atoms with Gasteiger partial charge in [-0.15, -0.1) is 0 Å². The number of carbonyl (C=O) groups is 1. The van der Waals surface area contributed by atoms with Gasteiger partial charge < -0.3 is 19.7 Å². The lowest BCUT2D eigenvalue weighted by molar-refractivity contribution is 0.0298. The van der Waals surface area contributed by atoms with Gasteiger partial charge in [0.15, 0.2) is 0 Å². The van der Waals surface area contributed by atoms with Gasteiger partial charge in [0.2, 0.25) is 0 Å². The van der Waals surface area contributed by atoms with Crippen molar-refractivity contribution >= 4 is 6.09 Å². The maximum atomic E-state index is 11.7. The molecule has 1 amide bonds. The molecule has 5 nitrogen and oxygen atoms in total. The molecular weight excluding hydrogens is 232 g/mol. The standard InChI is InChI=1S/C13H28N2O3/c1-7-17-10-11(2)14-8-9-15(6)12(16)18-13(3,4)5/h11,14H,7-10H2,1-6H3. The Morgan fingerprint density at radius 3 is 2.50 bits per heavy atom. The highest BCUT2D eigenvalue weighted by molar-refractivity contribution is 5.67. The number of hydrogen-bond donors (Lipinski definition) is 1. The molecular formula is C13H28N2O3. The molecule has 18 heavy (non-hydrogen) atoms. The molecule has 108 valence electrons. The van der Waals surface area contributed by atoms with Crippen LogP contribution in [0.2, 0.25) is 0 Å². The second kappa shape index (κ2) is 8.32. The minimum atomic E-state index is -0.443. The van der Waals surface area contributed by atoms with E-state index in [0.29, 0.717) is 13.2 Å². The predicted octanol–water partition coefficient (Wildman–Crippen LogP) is 1.87. The molecule has 0 aromatic heterocycles. The Morgan fingerprint density at radius 1 is 1.39 bits per heavy atom. The lowest BCUT2D eigenvalue weighted by atomic mass is 10.2. The van der Waals surface area contributed by atoms with Crippen LogP contribution in [0.1, 0.15) is 34.6 Å². The number of ether oxygens (including phenoxy) is 2. The van der Waals surface area contributed by atoms with Gasteiger partial charge in [-0.1, -0.05) is 0 Å². The summed E-state index contributed by atoms with van der Waals surface area (Å²) in [5, 5.41) is 3.29. The Balaban J connectivity index is 3.76. The zero-order chi connectivity index (χ0) is 14.2. The van der Waals surface area contributed by atoms with Crippen LogP contribution in [0.25, 0.3) is 0 Å². The summed E-state index contributed by atoms with van der Waals surface area (Å²) in [6, 6.07) is 0.289. The van der Waals surface area contributed by atoms with Gasteiger partial charge in [0.05, 0.1) is 6.61 Å². The number of likely N-dealkylation sites (N-methyl/N-ethyl adjacent to an activating group) is 1. The van der Waals surface area contributed by atoms with Crippen molar-refractivity contribution in [2.45, 2.75) is 46.3 Å². The van der Waals surface area contributed by atoms with Crippen molar-refractivity contribution in [2.75, 3.05) is 33.4 Å².